The van der Waals surface area contributed by atoms with Crippen LogP contribution in [0, 0.1) is 0 Å². The lowest BCUT2D eigenvalue weighted by Gasteiger charge is -2.35. The molecule has 2 aromatic rings. The molecule has 0 fully saturated rings. The van der Waals surface area contributed by atoms with Crippen LogP contribution in [-0.2, 0) is 13.0 Å². The fourth-order valence-corrected chi connectivity index (χ4v) is 4.17. The van der Waals surface area contributed by atoms with Gasteiger partial charge in [0.1, 0.15) is 0 Å². The third-order valence-electron chi connectivity index (χ3n) is 4.46. The average molecular weight is 363 g/mol. The highest BCUT2D eigenvalue weighted by Crippen LogP contribution is 2.30. The summed E-state index contributed by atoms with van der Waals surface area (Å²) >= 11 is 7.94. The third kappa shape index (κ3) is 3.91. The summed E-state index contributed by atoms with van der Waals surface area (Å²) in [6, 6.07) is 10.7. The van der Waals surface area contributed by atoms with Crippen molar-refractivity contribution >= 4 is 28.9 Å². The number of rotatable bonds is 4. The van der Waals surface area contributed by atoms with Gasteiger partial charge >= 0.3 is 0 Å². The Kier molecular flexibility index (Phi) is 5.76. The van der Waals surface area contributed by atoms with Gasteiger partial charge in [0, 0.05) is 43.6 Å². The molecule has 2 heterocycles. The van der Waals surface area contributed by atoms with Crippen LogP contribution in [0.5, 0.6) is 0 Å². The summed E-state index contributed by atoms with van der Waals surface area (Å²) in [7, 11) is 3.67. The second-order valence-corrected chi connectivity index (χ2v) is 7.30. The Labute approximate surface area is 152 Å². The van der Waals surface area contributed by atoms with E-state index in [0.717, 1.165) is 37.0 Å². The number of halogens is 1. The van der Waals surface area contributed by atoms with Crippen LogP contribution < -0.4 is 10.6 Å². The first-order valence-electron chi connectivity index (χ1n) is 8.14. The molecule has 1 aromatic carbocycles. The number of hydrogen-bond donors (Lipinski definition) is 2. The van der Waals surface area contributed by atoms with Crippen molar-refractivity contribution < 1.29 is 0 Å². The topological polar surface area (TPSA) is 39.7 Å². The second-order valence-electron chi connectivity index (χ2n) is 5.86. The summed E-state index contributed by atoms with van der Waals surface area (Å²) in [5.41, 5.74) is 2.74. The molecule has 6 heteroatoms. The molecule has 0 saturated heterocycles. The maximum absolute atomic E-state index is 6.07. The van der Waals surface area contributed by atoms with E-state index in [2.05, 4.69) is 44.1 Å². The molecule has 4 nitrogen and oxygen atoms in total. The molecule has 3 rings (SSSR count). The Morgan fingerprint density at radius 1 is 1.33 bits per heavy atom. The van der Waals surface area contributed by atoms with Crippen molar-refractivity contribution in [2.45, 2.75) is 19.0 Å². The molecule has 2 N–H and O–H groups in total. The van der Waals surface area contributed by atoms with E-state index in [1.54, 1.807) is 7.05 Å². The molecule has 1 aliphatic heterocycles. The van der Waals surface area contributed by atoms with Crippen molar-refractivity contribution in [2.24, 2.45) is 4.99 Å². The van der Waals surface area contributed by atoms with Gasteiger partial charge in [-0.25, -0.2) is 0 Å². The van der Waals surface area contributed by atoms with Crippen LogP contribution in [0.1, 0.15) is 22.0 Å². The molecule has 0 amide bonds. The minimum absolute atomic E-state index is 0.278. The number of aliphatic imine (C=N–C) groups is 1. The predicted octanol–water partition coefficient (Wildman–Crippen LogP) is 3.30. The lowest BCUT2D eigenvalue weighted by atomic mass is 10.0. The van der Waals surface area contributed by atoms with Crippen LogP contribution in [0.25, 0.3) is 0 Å². The summed E-state index contributed by atoms with van der Waals surface area (Å²) in [5, 5.41) is 9.47. The fourth-order valence-electron chi connectivity index (χ4n) is 3.15. The van der Waals surface area contributed by atoms with E-state index in [9.17, 15) is 0 Å². The van der Waals surface area contributed by atoms with Crippen LogP contribution in [0.15, 0.2) is 40.7 Å². The van der Waals surface area contributed by atoms with Crippen molar-refractivity contribution in [3.05, 3.63) is 56.7 Å². The number of nitrogens with zero attached hydrogens (tertiary/aromatic N) is 2. The lowest BCUT2D eigenvalue weighted by Crippen LogP contribution is -2.43. The van der Waals surface area contributed by atoms with E-state index in [1.165, 1.54) is 16.0 Å². The van der Waals surface area contributed by atoms with Crippen molar-refractivity contribution in [2.75, 3.05) is 27.2 Å². The van der Waals surface area contributed by atoms with Crippen molar-refractivity contribution in [3.63, 3.8) is 0 Å². The number of thiophene rings is 1. The number of nitrogens with one attached hydrogen (secondary N) is 2. The van der Waals surface area contributed by atoms with Gasteiger partial charge in [-0.1, -0.05) is 23.7 Å². The van der Waals surface area contributed by atoms with Crippen LogP contribution in [0.2, 0.25) is 5.02 Å². The van der Waals surface area contributed by atoms with E-state index in [0.29, 0.717) is 0 Å². The molecule has 1 aromatic heterocycles. The third-order valence-corrected chi connectivity index (χ3v) is 5.73. The first-order valence-corrected chi connectivity index (χ1v) is 9.40. The van der Waals surface area contributed by atoms with Crippen molar-refractivity contribution in [1.29, 1.82) is 0 Å². The summed E-state index contributed by atoms with van der Waals surface area (Å²) in [6.07, 6.45) is 1.12. The van der Waals surface area contributed by atoms with Gasteiger partial charge in [0.2, 0.25) is 0 Å². The molecule has 1 atom stereocenters. The summed E-state index contributed by atoms with van der Waals surface area (Å²) in [5.74, 6) is 0.808. The van der Waals surface area contributed by atoms with Crippen LogP contribution >= 0.6 is 22.9 Å². The van der Waals surface area contributed by atoms with Crippen molar-refractivity contribution in [3.8, 4) is 0 Å². The first kappa shape index (κ1) is 17.3. The van der Waals surface area contributed by atoms with Gasteiger partial charge in [0.15, 0.2) is 5.96 Å². The van der Waals surface area contributed by atoms with Gasteiger partial charge in [0.25, 0.3) is 0 Å². The van der Waals surface area contributed by atoms with E-state index in [4.69, 9.17) is 11.6 Å². The largest absolute Gasteiger partial charge is 0.359 e. The highest BCUT2D eigenvalue weighted by molar-refractivity contribution is 7.10. The Morgan fingerprint density at radius 3 is 2.83 bits per heavy atom. The Hall–Kier alpha value is -1.56. The number of hydrogen-bond acceptors (Lipinski definition) is 3. The summed E-state index contributed by atoms with van der Waals surface area (Å²) in [6.45, 7) is 2.86. The molecule has 24 heavy (non-hydrogen) atoms. The van der Waals surface area contributed by atoms with E-state index >= 15 is 0 Å². The highest BCUT2D eigenvalue weighted by atomic mass is 35.5. The number of benzene rings is 1. The molecule has 1 aliphatic rings. The minimum atomic E-state index is 0.278. The van der Waals surface area contributed by atoms with E-state index < -0.39 is 0 Å². The SMILES string of the molecule is CN=C(NC)NCC(c1ccc(Cl)cc1)N1CCc2sccc2C1. The van der Waals surface area contributed by atoms with Gasteiger partial charge in [-0.05, 0) is 41.1 Å². The zero-order valence-electron chi connectivity index (χ0n) is 14.1. The molecule has 0 saturated carbocycles. The van der Waals surface area contributed by atoms with Crippen LogP contribution in [0.3, 0.4) is 0 Å². The monoisotopic (exact) mass is 362 g/mol. The smallest absolute Gasteiger partial charge is 0.190 e. The predicted molar refractivity (Wildman–Crippen MR) is 103 cm³/mol. The molecule has 1 unspecified atom stereocenters. The Balaban J connectivity index is 1.80. The molecule has 0 bridgehead atoms. The van der Waals surface area contributed by atoms with Gasteiger partial charge in [-0.15, -0.1) is 11.3 Å². The van der Waals surface area contributed by atoms with Crippen LogP contribution in [0.4, 0.5) is 0 Å². The highest BCUT2D eigenvalue weighted by Gasteiger charge is 2.25. The molecule has 0 aliphatic carbocycles. The van der Waals surface area contributed by atoms with Gasteiger partial charge < -0.3 is 10.6 Å². The maximum atomic E-state index is 6.07. The summed E-state index contributed by atoms with van der Waals surface area (Å²) in [4.78, 5) is 8.28. The molecule has 0 radical (unpaired) electrons. The average Bonchev–Trinajstić information content (AvgIpc) is 3.08. The summed E-state index contributed by atoms with van der Waals surface area (Å²) < 4.78 is 0. The Bertz CT molecular complexity index is 695. The first-order chi connectivity index (χ1) is 11.7. The molecule has 0 spiro atoms. The van der Waals surface area contributed by atoms with Gasteiger partial charge in [-0.2, -0.15) is 0 Å². The van der Waals surface area contributed by atoms with E-state index in [-0.39, 0.29) is 6.04 Å². The molecular formula is C18H23ClN4S. The standard InChI is InChI=1S/C18H23ClN4S/c1-20-18(21-2)22-11-16(13-3-5-15(19)6-4-13)23-9-7-17-14(12-23)8-10-24-17/h3-6,8,10,16H,7,9,11-12H2,1-2H3,(H2,20,21,22). The van der Waals surface area contributed by atoms with Gasteiger partial charge in [-0.3, -0.25) is 9.89 Å². The normalized spacial score (nSPS) is 16.5. The molecule has 128 valence electrons. The number of guanidine groups is 1. The molecular weight excluding hydrogens is 340 g/mol. The lowest BCUT2D eigenvalue weighted by molar-refractivity contribution is 0.181. The Morgan fingerprint density at radius 2 is 2.12 bits per heavy atom. The van der Waals surface area contributed by atoms with Crippen LogP contribution in [-0.4, -0.2) is 38.0 Å². The second kappa shape index (κ2) is 8.01. The fraction of sp³-hybridized carbons (Fsp3) is 0.389. The quantitative estimate of drug-likeness (QED) is 0.647. The van der Waals surface area contributed by atoms with E-state index in [1.807, 2.05) is 30.5 Å². The maximum Gasteiger partial charge on any atom is 0.190 e. The van der Waals surface area contributed by atoms with Crippen molar-refractivity contribution in [1.82, 2.24) is 15.5 Å². The number of fused-ring (bicyclic) bond motifs is 1. The zero-order chi connectivity index (χ0) is 16.9. The van der Waals surface area contributed by atoms with Gasteiger partial charge in [0.05, 0.1) is 6.04 Å². The minimum Gasteiger partial charge on any atom is -0.359 e. The zero-order valence-corrected chi connectivity index (χ0v) is 15.6.